The molecule has 0 atom stereocenters. The first-order valence-corrected chi connectivity index (χ1v) is 3.86. The first kappa shape index (κ1) is 7.72. The van der Waals surface area contributed by atoms with E-state index in [9.17, 15) is 0 Å². The molecule has 0 bridgehead atoms. The zero-order chi connectivity index (χ0) is 9.26. The third-order valence-electron chi connectivity index (χ3n) is 1.92. The van der Waals surface area contributed by atoms with Crippen LogP contribution in [0.1, 0.15) is 5.56 Å². The molecule has 3 N–H and O–H groups in total. The number of nitrogens with one attached hydrogen (secondary N) is 1. The van der Waals surface area contributed by atoms with Gasteiger partial charge in [-0.05, 0) is 13.0 Å². The van der Waals surface area contributed by atoms with Crippen molar-refractivity contribution in [3.63, 3.8) is 0 Å². The normalized spacial score (nSPS) is 10.2. The zero-order valence-corrected chi connectivity index (χ0v) is 7.15. The monoisotopic (exact) mass is 175 g/mol. The molecule has 0 spiro atoms. The Kier molecular flexibility index (Phi) is 1.70. The van der Waals surface area contributed by atoms with Crippen molar-refractivity contribution in [2.24, 2.45) is 0 Å². The molecule has 0 radical (unpaired) electrons. The van der Waals surface area contributed by atoms with Gasteiger partial charge in [0.2, 0.25) is 0 Å². The van der Waals surface area contributed by atoms with E-state index in [1.54, 1.807) is 12.4 Å². The van der Waals surface area contributed by atoms with Gasteiger partial charge in [0, 0.05) is 11.1 Å². The molecule has 0 aliphatic heterocycles. The van der Waals surface area contributed by atoms with Crippen LogP contribution in [-0.4, -0.2) is 20.4 Å². The van der Waals surface area contributed by atoms with Gasteiger partial charge in [0.25, 0.3) is 0 Å². The Morgan fingerprint density at radius 2 is 2.23 bits per heavy atom. The lowest BCUT2D eigenvalue weighted by Gasteiger charge is -1.96. The van der Waals surface area contributed by atoms with E-state index in [-0.39, 0.29) is 0 Å². The quantitative estimate of drug-likeness (QED) is 0.670. The second-order valence-electron chi connectivity index (χ2n) is 2.74. The molecule has 0 saturated heterocycles. The van der Waals surface area contributed by atoms with Crippen LogP contribution >= 0.6 is 0 Å². The van der Waals surface area contributed by atoms with Crippen molar-refractivity contribution < 1.29 is 0 Å². The zero-order valence-electron chi connectivity index (χ0n) is 7.15. The van der Waals surface area contributed by atoms with Crippen LogP contribution in [0.2, 0.25) is 0 Å². The van der Waals surface area contributed by atoms with E-state index in [0.29, 0.717) is 5.82 Å². The molecule has 2 aromatic rings. The summed E-state index contributed by atoms with van der Waals surface area (Å²) in [5.74, 6) is 0.520. The second kappa shape index (κ2) is 2.85. The third-order valence-corrected chi connectivity index (χ3v) is 1.92. The van der Waals surface area contributed by atoms with Gasteiger partial charge >= 0.3 is 0 Å². The Bertz CT molecular complexity index is 406. The summed E-state index contributed by atoms with van der Waals surface area (Å²) in [4.78, 5) is 0. The molecular weight excluding hydrogens is 166 g/mol. The highest BCUT2D eigenvalue weighted by Gasteiger charge is 2.07. The molecule has 0 amide bonds. The smallest absolute Gasteiger partial charge is 0.148 e. The fourth-order valence-electron chi connectivity index (χ4n) is 1.13. The molecule has 13 heavy (non-hydrogen) atoms. The Morgan fingerprint density at radius 1 is 1.38 bits per heavy atom. The lowest BCUT2D eigenvalue weighted by atomic mass is 10.1. The molecule has 2 aromatic heterocycles. The molecule has 5 nitrogen and oxygen atoms in total. The van der Waals surface area contributed by atoms with Crippen LogP contribution in [0.4, 0.5) is 5.82 Å². The van der Waals surface area contributed by atoms with E-state index in [4.69, 9.17) is 5.73 Å². The van der Waals surface area contributed by atoms with Crippen molar-refractivity contribution in [2.45, 2.75) is 6.92 Å². The highest BCUT2D eigenvalue weighted by Crippen LogP contribution is 2.22. The minimum atomic E-state index is 0.520. The number of nitrogens with zero attached hydrogens (tertiary/aromatic N) is 3. The molecule has 0 saturated carbocycles. The van der Waals surface area contributed by atoms with Crippen molar-refractivity contribution in [3.05, 3.63) is 24.0 Å². The summed E-state index contributed by atoms with van der Waals surface area (Å²) in [6.07, 6.45) is 3.30. The summed E-state index contributed by atoms with van der Waals surface area (Å²) in [7, 11) is 0. The topological polar surface area (TPSA) is 80.5 Å². The summed E-state index contributed by atoms with van der Waals surface area (Å²) < 4.78 is 0. The molecule has 0 aliphatic carbocycles. The molecular formula is C8H9N5. The fourth-order valence-corrected chi connectivity index (χ4v) is 1.13. The SMILES string of the molecule is Cc1c(N)n[nH]c1-c1ccnnc1. The minimum absolute atomic E-state index is 0.520. The van der Waals surface area contributed by atoms with Gasteiger partial charge in [-0.15, -0.1) is 0 Å². The van der Waals surface area contributed by atoms with Crippen molar-refractivity contribution in [2.75, 3.05) is 5.73 Å². The number of anilines is 1. The molecule has 0 aliphatic rings. The fraction of sp³-hybridized carbons (Fsp3) is 0.125. The number of hydrogen-bond donors (Lipinski definition) is 2. The summed E-state index contributed by atoms with van der Waals surface area (Å²) in [5, 5.41) is 14.2. The minimum Gasteiger partial charge on any atom is -0.382 e. The van der Waals surface area contributed by atoms with Crippen LogP contribution in [0.25, 0.3) is 11.3 Å². The maximum Gasteiger partial charge on any atom is 0.148 e. The average Bonchev–Trinajstić information content (AvgIpc) is 2.49. The van der Waals surface area contributed by atoms with Gasteiger partial charge < -0.3 is 5.73 Å². The van der Waals surface area contributed by atoms with Crippen LogP contribution in [-0.2, 0) is 0 Å². The van der Waals surface area contributed by atoms with Crippen molar-refractivity contribution in [1.29, 1.82) is 0 Å². The van der Waals surface area contributed by atoms with E-state index < -0.39 is 0 Å². The standard InChI is InChI=1S/C8H9N5/c1-5-7(12-13-8(5)9)6-2-3-10-11-4-6/h2-4H,1H3,(H3,9,12,13). The number of aromatic amines is 1. The van der Waals surface area contributed by atoms with Gasteiger partial charge in [0.15, 0.2) is 0 Å². The van der Waals surface area contributed by atoms with E-state index in [2.05, 4.69) is 20.4 Å². The summed E-state index contributed by atoms with van der Waals surface area (Å²) >= 11 is 0. The van der Waals surface area contributed by atoms with Crippen LogP contribution in [0.3, 0.4) is 0 Å². The number of aromatic nitrogens is 4. The van der Waals surface area contributed by atoms with E-state index in [0.717, 1.165) is 16.8 Å². The van der Waals surface area contributed by atoms with Crippen molar-refractivity contribution in [3.8, 4) is 11.3 Å². The van der Waals surface area contributed by atoms with Crippen LogP contribution in [0, 0.1) is 6.92 Å². The van der Waals surface area contributed by atoms with Crippen LogP contribution in [0.5, 0.6) is 0 Å². The Morgan fingerprint density at radius 3 is 2.77 bits per heavy atom. The highest BCUT2D eigenvalue weighted by atomic mass is 15.2. The summed E-state index contributed by atoms with van der Waals surface area (Å²) in [6.45, 7) is 1.91. The van der Waals surface area contributed by atoms with Crippen molar-refractivity contribution in [1.82, 2.24) is 20.4 Å². The maximum absolute atomic E-state index is 5.60. The lowest BCUT2D eigenvalue weighted by Crippen LogP contribution is -1.87. The average molecular weight is 175 g/mol. The molecule has 0 aromatic carbocycles. The molecule has 5 heteroatoms. The molecule has 0 unspecified atom stereocenters. The Labute approximate surface area is 75.0 Å². The number of nitrogens with two attached hydrogens (primary N) is 1. The molecule has 2 rings (SSSR count). The maximum atomic E-state index is 5.60. The first-order chi connectivity index (χ1) is 6.29. The van der Waals surface area contributed by atoms with Crippen LogP contribution in [0.15, 0.2) is 18.5 Å². The summed E-state index contributed by atoms with van der Waals surface area (Å²) in [6, 6.07) is 1.85. The predicted octanol–water partition coefficient (Wildman–Crippen LogP) is 0.757. The van der Waals surface area contributed by atoms with E-state index in [1.165, 1.54) is 0 Å². The first-order valence-electron chi connectivity index (χ1n) is 3.86. The Hall–Kier alpha value is -1.91. The molecule has 0 fully saturated rings. The number of hydrogen-bond acceptors (Lipinski definition) is 4. The predicted molar refractivity (Wildman–Crippen MR) is 48.8 cm³/mol. The molecule has 2 heterocycles. The number of rotatable bonds is 1. The highest BCUT2D eigenvalue weighted by molar-refractivity contribution is 5.66. The van der Waals surface area contributed by atoms with Gasteiger partial charge in [0.1, 0.15) is 5.82 Å². The van der Waals surface area contributed by atoms with E-state index >= 15 is 0 Å². The van der Waals surface area contributed by atoms with E-state index in [1.807, 2.05) is 13.0 Å². The molecule has 66 valence electrons. The van der Waals surface area contributed by atoms with Crippen LogP contribution < -0.4 is 5.73 Å². The van der Waals surface area contributed by atoms with Gasteiger partial charge in [0.05, 0.1) is 18.1 Å². The van der Waals surface area contributed by atoms with Gasteiger partial charge in [-0.2, -0.15) is 15.3 Å². The summed E-state index contributed by atoms with van der Waals surface area (Å²) in [5.41, 5.74) is 8.37. The Balaban J connectivity index is 2.53. The van der Waals surface area contributed by atoms with Gasteiger partial charge in [-0.1, -0.05) is 0 Å². The second-order valence-corrected chi connectivity index (χ2v) is 2.74. The number of nitrogen functional groups attached to an aromatic ring is 1. The van der Waals surface area contributed by atoms with Gasteiger partial charge in [-0.3, -0.25) is 5.10 Å². The third kappa shape index (κ3) is 1.24. The van der Waals surface area contributed by atoms with Crippen molar-refractivity contribution >= 4 is 5.82 Å². The largest absolute Gasteiger partial charge is 0.382 e. The van der Waals surface area contributed by atoms with Gasteiger partial charge in [-0.25, -0.2) is 0 Å². The number of H-pyrrole nitrogens is 1. The lowest BCUT2D eigenvalue weighted by molar-refractivity contribution is 1.03.